The normalized spacial score (nSPS) is 17.9. The van der Waals surface area contributed by atoms with Gasteiger partial charge in [0.2, 0.25) is 0 Å². The van der Waals surface area contributed by atoms with Crippen molar-refractivity contribution in [1.82, 2.24) is 9.97 Å². The van der Waals surface area contributed by atoms with Crippen molar-refractivity contribution in [3.05, 3.63) is 23.3 Å². The Kier molecular flexibility index (Phi) is 2.60. The number of nitrogens with zero attached hydrogens (tertiary/aromatic N) is 2. The fraction of sp³-hybridized carbons (Fsp3) is 0.643. The molecule has 3 heteroatoms. The van der Waals surface area contributed by atoms with Gasteiger partial charge in [0.25, 0.3) is 0 Å². The molecule has 0 aliphatic heterocycles. The second kappa shape index (κ2) is 3.62. The molecule has 0 aromatic carbocycles. The van der Waals surface area contributed by atoms with E-state index in [9.17, 15) is 4.79 Å². The molecule has 1 aliphatic rings. The van der Waals surface area contributed by atoms with Gasteiger partial charge in [-0.3, -0.25) is 4.79 Å². The number of hydrogen-bond acceptors (Lipinski definition) is 3. The maximum atomic E-state index is 11.5. The Morgan fingerprint density at radius 3 is 2.29 bits per heavy atom. The van der Waals surface area contributed by atoms with Crippen molar-refractivity contribution >= 4 is 5.78 Å². The molecule has 1 fully saturated rings. The molecule has 1 aromatic heterocycles. The number of ketones is 1. The van der Waals surface area contributed by atoms with Gasteiger partial charge in [-0.25, -0.2) is 9.97 Å². The van der Waals surface area contributed by atoms with Crippen LogP contribution >= 0.6 is 0 Å². The van der Waals surface area contributed by atoms with Gasteiger partial charge in [0.1, 0.15) is 11.5 Å². The second-order valence-electron chi connectivity index (χ2n) is 6.33. The van der Waals surface area contributed by atoms with Crippen LogP contribution in [0.2, 0.25) is 0 Å². The summed E-state index contributed by atoms with van der Waals surface area (Å²) in [5.41, 5.74) is 1.56. The Hall–Kier alpha value is -1.25. The first-order valence-corrected chi connectivity index (χ1v) is 6.13. The Bertz CT molecular complexity index is 444. The third kappa shape index (κ3) is 2.38. The molecular weight excluding hydrogens is 212 g/mol. The van der Waals surface area contributed by atoms with E-state index in [1.807, 2.05) is 6.07 Å². The van der Waals surface area contributed by atoms with Crippen molar-refractivity contribution in [3.63, 3.8) is 0 Å². The van der Waals surface area contributed by atoms with E-state index in [0.29, 0.717) is 5.69 Å². The van der Waals surface area contributed by atoms with Crippen LogP contribution in [0.3, 0.4) is 0 Å². The van der Waals surface area contributed by atoms with Crippen LogP contribution in [-0.4, -0.2) is 15.8 Å². The topological polar surface area (TPSA) is 42.9 Å². The van der Waals surface area contributed by atoms with Gasteiger partial charge in [-0.05, 0) is 18.9 Å². The van der Waals surface area contributed by atoms with Crippen LogP contribution in [0.1, 0.15) is 69.5 Å². The summed E-state index contributed by atoms with van der Waals surface area (Å²) in [4.78, 5) is 20.6. The standard InChI is InChI=1S/C14H20N2O/c1-9(17)10-8-11(13(2,3)4)16-12(15-10)14(5)6-7-14/h8H,6-7H2,1-5H3. The molecule has 1 heterocycles. The van der Waals surface area contributed by atoms with Crippen molar-refractivity contribution in [3.8, 4) is 0 Å². The zero-order valence-corrected chi connectivity index (χ0v) is 11.3. The van der Waals surface area contributed by atoms with E-state index in [4.69, 9.17) is 0 Å². The Morgan fingerprint density at radius 1 is 1.29 bits per heavy atom. The van der Waals surface area contributed by atoms with Crippen molar-refractivity contribution in [1.29, 1.82) is 0 Å². The number of rotatable bonds is 2. The quantitative estimate of drug-likeness (QED) is 0.736. The molecule has 0 radical (unpaired) electrons. The van der Waals surface area contributed by atoms with Crippen molar-refractivity contribution in [2.45, 2.75) is 58.3 Å². The lowest BCUT2D eigenvalue weighted by Crippen LogP contribution is -2.20. The van der Waals surface area contributed by atoms with Crippen LogP contribution in [0, 0.1) is 0 Å². The van der Waals surface area contributed by atoms with Gasteiger partial charge in [-0.1, -0.05) is 27.7 Å². The summed E-state index contributed by atoms with van der Waals surface area (Å²) in [6.07, 6.45) is 2.25. The van der Waals surface area contributed by atoms with Crippen LogP contribution in [0.4, 0.5) is 0 Å². The second-order valence-corrected chi connectivity index (χ2v) is 6.33. The highest BCUT2D eigenvalue weighted by atomic mass is 16.1. The lowest BCUT2D eigenvalue weighted by molar-refractivity contribution is 0.101. The molecule has 1 aromatic rings. The first kappa shape index (κ1) is 12.2. The molecule has 0 N–H and O–H groups in total. The minimum Gasteiger partial charge on any atom is -0.293 e. The highest BCUT2D eigenvalue weighted by molar-refractivity contribution is 5.92. The van der Waals surface area contributed by atoms with Gasteiger partial charge in [0, 0.05) is 17.8 Å². The van der Waals surface area contributed by atoms with Gasteiger partial charge in [0.05, 0.1) is 5.69 Å². The summed E-state index contributed by atoms with van der Waals surface area (Å²) in [5, 5.41) is 0. The SMILES string of the molecule is CC(=O)c1cc(C(C)(C)C)nc(C2(C)CC2)n1. The van der Waals surface area contributed by atoms with Gasteiger partial charge >= 0.3 is 0 Å². The smallest absolute Gasteiger partial charge is 0.178 e. The fourth-order valence-electron chi connectivity index (χ4n) is 1.69. The van der Waals surface area contributed by atoms with E-state index in [-0.39, 0.29) is 16.6 Å². The number of Topliss-reactive ketones (excluding diaryl/α,β-unsaturated/α-hetero) is 1. The molecule has 2 rings (SSSR count). The maximum Gasteiger partial charge on any atom is 0.178 e. The third-order valence-corrected chi connectivity index (χ3v) is 3.40. The highest BCUT2D eigenvalue weighted by Crippen LogP contribution is 2.46. The first-order valence-electron chi connectivity index (χ1n) is 6.13. The molecule has 0 spiro atoms. The summed E-state index contributed by atoms with van der Waals surface area (Å²) >= 11 is 0. The zero-order valence-electron chi connectivity index (χ0n) is 11.3. The molecule has 0 saturated heterocycles. The molecule has 3 nitrogen and oxygen atoms in total. The summed E-state index contributed by atoms with van der Waals surface area (Å²) in [7, 11) is 0. The maximum absolute atomic E-state index is 11.5. The van der Waals surface area contributed by atoms with Gasteiger partial charge < -0.3 is 0 Å². The van der Waals surface area contributed by atoms with E-state index in [0.717, 1.165) is 24.4 Å². The highest BCUT2D eigenvalue weighted by Gasteiger charge is 2.42. The molecule has 92 valence electrons. The minimum absolute atomic E-state index is 0.0170. The predicted molar refractivity (Wildman–Crippen MR) is 67.3 cm³/mol. The molecule has 0 unspecified atom stereocenters. The monoisotopic (exact) mass is 232 g/mol. The Labute approximate surface area is 103 Å². The number of hydrogen-bond donors (Lipinski definition) is 0. The Balaban J connectivity index is 2.54. The average molecular weight is 232 g/mol. The van der Waals surface area contributed by atoms with E-state index in [1.54, 1.807) is 6.92 Å². The zero-order chi connectivity index (χ0) is 12.8. The lowest BCUT2D eigenvalue weighted by Gasteiger charge is -2.20. The first-order chi connectivity index (χ1) is 7.72. The van der Waals surface area contributed by atoms with Gasteiger partial charge in [0.15, 0.2) is 5.78 Å². The van der Waals surface area contributed by atoms with Gasteiger partial charge in [-0.15, -0.1) is 0 Å². The van der Waals surface area contributed by atoms with Crippen LogP contribution in [0.15, 0.2) is 6.07 Å². The molecule has 0 atom stereocenters. The van der Waals surface area contributed by atoms with E-state index < -0.39 is 0 Å². The summed E-state index contributed by atoms with van der Waals surface area (Å²) in [6.45, 7) is 10.1. The summed E-state index contributed by atoms with van der Waals surface area (Å²) in [6, 6.07) is 1.83. The fourth-order valence-corrected chi connectivity index (χ4v) is 1.69. The number of carbonyl (C=O) groups is 1. The molecule has 17 heavy (non-hydrogen) atoms. The van der Waals surface area contributed by atoms with Crippen molar-refractivity contribution < 1.29 is 4.79 Å². The van der Waals surface area contributed by atoms with E-state index >= 15 is 0 Å². The van der Waals surface area contributed by atoms with Crippen molar-refractivity contribution in [2.24, 2.45) is 0 Å². The number of aromatic nitrogens is 2. The van der Waals surface area contributed by atoms with E-state index in [2.05, 4.69) is 37.7 Å². The molecule has 1 saturated carbocycles. The summed E-state index contributed by atoms with van der Waals surface area (Å²) < 4.78 is 0. The third-order valence-electron chi connectivity index (χ3n) is 3.40. The summed E-state index contributed by atoms with van der Waals surface area (Å²) in [5.74, 6) is 0.860. The predicted octanol–water partition coefficient (Wildman–Crippen LogP) is 3.03. The van der Waals surface area contributed by atoms with Crippen molar-refractivity contribution in [2.75, 3.05) is 0 Å². The largest absolute Gasteiger partial charge is 0.293 e. The number of carbonyl (C=O) groups excluding carboxylic acids is 1. The van der Waals surface area contributed by atoms with Crippen LogP contribution in [-0.2, 0) is 10.8 Å². The molecule has 1 aliphatic carbocycles. The lowest BCUT2D eigenvalue weighted by atomic mass is 9.91. The Morgan fingerprint density at radius 2 is 1.88 bits per heavy atom. The van der Waals surface area contributed by atoms with Crippen LogP contribution in [0.25, 0.3) is 0 Å². The molecule has 0 amide bonds. The van der Waals surface area contributed by atoms with Crippen LogP contribution < -0.4 is 0 Å². The minimum atomic E-state index is -0.0485. The van der Waals surface area contributed by atoms with E-state index in [1.165, 1.54) is 0 Å². The average Bonchev–Trinajstić information content (AvgIpc) is 2.96. The molecule has 0 bridgehead atoms. The van der Waals surface area contributed by atoms with Gasteiger partial charge in [-0.2, -0.15) is 0 Å². The molecular formula is C14H20N2O. The van der Waals surface area contributed by atoms with Crippen LogP contribution in [0.5, 0.6) is 0 Å².